The predicted octanol–water partition coefficient (Wildman–Crippen LogP) is 5.18. The van der Waals surface area contributed by atoms with Gasteiger partial charge in [-0.25, -0.2) is 0 Å². The Hall–Kier alpha value is -3.41. The minimum absolute atomic E-state index is 0.202. The molecule has 1 heterocycles. The Morgan fingerprint density at radius 2 is 1.91 bits per heavy atom. The molecule has 6 nitrogen and oxygen atoms in total. The van der Waals surface area contributed by atoms with Crippen LogP contribution in [0.25, 0.3) is 11.1 Å². The van der Waals surface area contributed by atoms with Gasteiger partial charge in [0.1, 0.15) is 6.61 Å². The van der Waals surface area contributed by atoms with E-state index in [9.17, 15) is 4.79 Å². The molecule has 1 atom stereocenters. The third-order valence-corrected chi connectivity index (χ3v) is 5.77. The molecule has 0 bridgehead atoms. The lowest BCUT2D eigenvalue weighted by atomic mass is 9.79. The van der Waals surface area contributed by atoms with Gasteiger partial charge >= 0.3 is 5.97 Å². The molecule has 1 aliphatic rings. The Kier molecular flexibility index (Phi) is 7.00. The number of carbonyl (C=O) groups excluding carboxylic acids is 1. The summed E-state index contributed by atoms with van der Waals surface area (Å²) >= 11 is 0. The standard InChI is InChI=1S/C26H29N3O3/c1-3-31-25(30)14-9-15-32-29-24-17-20(16-23-26(24)18(2)27-28-23)22-13-8-7-12-21(22)19-10-5-4-6-11-19/h4-8,10-13,20H,3,9,14-17H2,1-2H3,(H,27,28)/b29-24+. The third kappa shape index (κ3) is 4.90. The van der Waals surface area contributed by atoms with E-state index in [1.807, 2.05) is 13.0 Å². The summed E-state index contributed by atoms with van der Waals surface area (Å²) in [6.07, 6.45) is 2.54. The summed E-state index contributed by atoms with van der Waals surface area (Å²) in [4.78, 5) is 17.1. The Balaban J connectivity index is 1.54. The van der Waals surface area contributed by atoms with E-state index in [0.29, 0.717) is 26.1 Å². The molecule has 0 aliphatic heterocycles. The fourth-order valence-electron chi connectivity index (χ4n) is 4.33. The Bertz CT molecular complexity index is 1090. The number of rotatable bonds is 8. The second kappa shape index (κ2) is 10.3. The summed E-state index contributed by atoms with van der Waals surface area (Å²) in [6.45, 7) is 4.59. The number of nitrogens with zero attached hydrogens (tertiary/aromatic N) is 2. The number of H-pyrrole nitrogens is 1. The van der Waals surface area contributed by atoms with Crippen LogP contribution in [0.3, 0.4) is 0 Å². The molecule has 0 saturated heterocycles. The van der Waals surface area contributed by atoms with Crippen molar-refractivity contribution in [2.45, 2.75) is 45.4 Å². The SMILES string of the molecule is CCOC(=O)CCCO/N=C1\CC(c2ccccc2-c2ccccc2)Cc2n[nH]c(C)c21. The van der Waals surface area contributed by atoms with Crippen LogP contribution in [0.5, 0.6) is 0 Å². The highest BCUT2D eigenvalue weighted by atomic mass is 16.6. The van der Waals surface area contributed by atoms with Gasteiger partial charge in [0.05, 0.1) is 18.0 Å². The van der Waals surface area contributed by atoms with Gasteiger partial charge in [0.2, 0.25) is 0 Å². The molecule has 6 heteroatoms. The molecular weight excluding hydrogens is 402 g/mol. The molecule has 0 fully saturated rings. The lowest BCUT2D eigenvalue weighted by Crippen LogP contribution is -2.20. The van der Waals surface area contributed by atoms with Crippen molar-refractivity contribution in [2.24, 2.45) is 5.16 Å². The van der Waals surface area contributed by atoms with Gasteiger partial charge < -0.3 is 9.57 Å². The average Bonchev–Trinajstić information content (AvgIpc) is 3.20. The molecule has 166 valence electrons. The van der Waals surface area contributed by atoms with Crippen LogP contribution in [0, 0.1) is 6.92 Å². The fourth-order valence-corrected chi connectivity index (χ4v) is 4.33. The number of aromatic nitrogens is 2. The number of ether oxygens (including phenoxy) is 1. The van der Waals surface area contributed by atoms with Gasteiger partial charge in [-0.05, 0) is 49.3 Å². The minimum atomic E-state index is -0.202. The number of aryl methyl sites for hydroxylation is 1. The topological polar surface area (TPSA) is 76.6 Å². The maximum atomic E-state index is 11.5. The summed E-state index contributed by atoms with van der Waals surface area (Å²) < 4.78 is 4.96. The number of oxime groups is 1. The van der Waals surface area contributed by atoms with Crippen LogP contribution in [-0.2, 0) is 20.8 Å². The molecular formula is C26H29N3O3. The number of hydrogen-bond donors (Lipinski definition) is 1. The van der Waals surface area contributed by atoms with E-state index in [1.165, 1.54) is 16.7 Å². The van der Waals surface area contributed by atoms with Crippen LogP contribution >= 0.6 is 0 Å². The number of hydrogen-bond acceptors (Lipinski definition) is 5. The highest BCUT2D eigenvalue weighted by Gasteiger charge is 2.30. The van der Waals surface area contributed by atoms with Gasteiger partial charge in [0.15, 0.2) is 0 Å². The van der Waals surface area contributed by atoms with E-state index in [-0.39, 0.29) is 11.9 Å². The molecule has 1 aliphatic carbocycles. The van der Waals surface area contributed by atoms with E-state index in [4.69, 9.17) is 9.57 Å². The van der Waals surface area contributed by atoms with Gasteiger partial charge in [0.25, 0.3) is 0 Å². The van der Waals surface area contributed by atoms with Gasteiger partial charge in [-0.15, -0.1) is 0 Å². The first-order chi connectivity index (χ1) is 15.7. The van der Waals surface area contributed by atoms with Crippen molar-refractivity contribution in [3.63, 3.8) is 0 Å². The van der Waals surface area contributed by atoms with Gasteiger partial charge in [0, 0.05) is 24.1 Å². The van der Waals surface area contributed by atoms with E-state index < -0.39 is 0 Å². The Morgan fingerprint density at radius 1 is 1.12 bits per heavy atom. The summed E-state index contributed by atoms with van der Waals surface area (Å²) in [5, 5.41) is 12.1. The van der Waals surface area contributed by atoms with Crippen molar-refractivity contribution in [1.29, 1.82) is 0 Å². The molecule has 1 unspecified atom stereocenters. The van der Waals surface area contributed by atoms with Crippen molar-refractivity contribution in [2.75, 3.05) is 13.2 Å². The van der Waals surface area contributed by atoms with E-state index in [0.717, 1.165) is 35.5 Å². The summed E-state index contributed by atoms with van der Waals surface area (Å²) in [6, 6.07) is 19.0. The Morgan fingerprint density at radius 3 is 2.72 bits per heavy atom. The van der Waals surface area contributed by atoms with E-state index in [2.05, 4.69) is 63.9 Å². The van der Waals surface area contributed by atoms with Crippen LogP contribution in [0.1, 0.15) is 54.6 Å². The third-order valence-electron chi connectivity index (χ3n) is 5.77. The predicted molar refractivity (Wildman–Crippen MR) is 125 cm³/mol. The number of aromatic amines is 1. The second-order valence-corrected chi connectivity index (χ2v) is 8.01. The normalized spacial score (nSPS) is 16.6. The average molecular weight is 432 g/mol. The highest BCUT2D eigenvalue weighted by molar-refractivity contribution is 6.03. The zero-order valence-corrected chi connectivity index (χ0v) is 18.6. The number of esters is 1. The van der Waals surface area contributed by atoms with Crippen LogP contribution in [-0.4, -0.2) is 35.1 Å². The quantitative estimate of drug-likeness (QED) is 0.303. The molecule has 2 aromatic carbocycles. The summed E-state index contributed by atoms with van der Waals surface area (Å²) in [7, 11) is 0. The molecule has 32 heavy (non-hydrogen) atoms. The largest absolute Gasteiger partial charge is 0.466 e. The fraction of sp³-hybridized carbons (Fsp3) is 0.346. The molecule has 0 spiro atoms. The molecule has 4 rings (SSSR count). The molecule has 1 aromatic heterocycles. The van der Waals surface area contributed by atoms with Crippen molar-refractivity contribution < 1.29 is 14.4 Å². The van der Waals surface area contributed by atoms with Crippen molar-refractivity contribution in [3.05, 3.63) is 77.1 Å². The first-order valence-corrected chi connectivity index (χ1v) is 11.2. The molecule has 3 aromatic rings. The maximum absolute atomic E-state index is 11.5. The zero-order valence-electron chi connectivity index (χ0n) is 18.6. The lowest BCUT2D eigenvalue weighted by molar-refractivity contribution is -0.143. The zero-order chi connectivity index (χ0) is 22.3. The van der Waals surface area contributed by atoms with Crippen molar-refractivity contribution in [1.82, 2.24) is 10.2 Å². The van der Waals surface area contributed by atoms with Crippen LogP contribution < -0.4 is 0 Å². The molecule has 1 N–H and O–H groups in total. The van der Waals surface area contributed by atoms with Gasteiger partial charge in [-0.2, -0.15) is 5.10 Å². The maximum Gasteiger partial charge on any atom is 0.305 e. The van der Waals surface area contributed by atoms with Crippen molar-refractivity contribution in [3.8, 4) is 11.1 Å². The summed E-state index contributed by atoms with van der Waals surface area (Å²) in [5.74, 6) is 0.0513. The van der Waals surface area contributed by atoms with Crippen LogP contribution in [0.2, 0.25) is 0 Å². The first kappa shape index (κ1) is 21.8. The number of carbonyl (C=O) groups is 1. The number of nitrogens with one attached hydrogen (secondary N) is 1. The second-order valence-electron chi connectivity index (χ2n) is 8.01. The monoisotopic (exact) mass is 431 g/mol. The summed E-state index contributed by atoms with van der Waals surface area (Å²) in [5.41, 5.74) is 7.73. The minimum Gasteiger partial charge on any atom is -0.466 e. The first-order valence-electron chi connectivity index (χ1n) is 11.2. The van der Waals surface area contributed by atoms with Gasteiger partial charge in [-0.1, -0.05) is 59.8 Å². The number of fused-ring (bicyclic) bond motifs is 1. The molecule has 0 amide bonds. The van der Waals surface area contributed by atoms with Gasteiger partial charge in [-0.3, -0.25) is 9.89 Å². The molecule has 0 radical (unpaired) electrons. The number of benzene rings is 2. The highest BCUT2D eigenvalue weighted by Crippen LogP contribution is 2.38. The van der Waals surface area contributed by atoms with Crippen LogP contribution in [0.4, 0.5) is 0 Å². The smallest absolute Gasteiger partial charge is 0.305 e. The lowest BCUT2D eigenvalue weighted by Gasteiger charge is -2.25. The molecule has 0 saturated carbocycles. The van der Waals surface area contributed by atoms with Crippen molar-refractivity contribution >= 4 is 11.7 Å². The van der Waals surface area contributed by atoms with E-state index >= 15 is 0 Å². The van der Waals surface area contributed by atoms with E-state index in [1.54, 1.807) is 6.92 Å². The van der Waals surface area contributed by atoms with Crippen LogP contribution in [0.15, 0.2) is 59.8 Å². The Labute approximate surface area is 188 Å².